The molecule has 0 radical (unpaired) electrons. The lowest BCUT2D eigenvalue weighted by Gasteiger charge is -2.06. The fourth-order valence-electron chi connectivity index (χ4n) is 2.96. The summed E-state index contributed by atoms with van der Waals surface area (Å²) in [6.07, 6.45) is 1.10. The van der Waals surface area contributed by atoms with Crippen LogP contribution in [0.5, 0.6) is 0 Å². The molecule has 0 unspecified atom stereocenters. The van der Waals surface area contributed by atoms with E-state index >= 15 is 0 Å². The second-order valence-electron chi connectivity index (χ2n) is 5.47. The zero-order valence-corrected chi connectivity index (χ0v) is 16.3. The molecule has 3 rings (SSSR count). The minimum Gasteiger partial charge on any atom is -1.00 e. The molecule has 2 aromatic carbocycles. The monoisotopic (exact) mass is 412 g/mol. The molecule has 0 bridgehead atoms. The minimum atomic E-state index is 0. The van der Waals surface area contributed by atoms with Crippen LogP contribution in [0.15, 0.2) is 42.5 Å². The van der Waals surface area contributed by atoms with Crippen molar-refractivity contribution in [2.45, 2.75) is 33.4 Å². The maximum Gasteiger partial charge on any atom is 0.254 e. The first-order valence-corrected chi connectivity index (χ1v) is 8.29. The van der Waals surface area contributed by atoms with Crippen molar-refractivity contribution in [3.05, 3.63) is 63.9 Å². The van der Waals surface area contributed by atoms with Crippen LogP contribution in [-0.4, -0.2) is 4.57 Å². The van der Waals surface area contributed by atoms with E-state index in [1.165, 1.54) is 16.9 Å². The average Bonchev–Trinajstić information content (AvgIpc) is 2.77. The van der Waals surface area contributed by atoms with Crippen molar-refractivity contribution >= 4 is 34.2 Å². The number of para-hydroxylation sites is 2. The lowest BCUT2D eigenvalue weighted by molar-refractivity contribution is -0.669. The molecule has 1 aromatic heterocycles. The number of aromatic nitrogens is 2. The Bertz CT molecular complexity index is 807. The average molecular weight is 414 g/mol. The molecule has 122 valence electrons. The Balaban J connectivity index is 0.00000192. The number of nitrogens with zero attached hydrogens (tertiary/aromatic N) is 2. The van der Waals surface area contributed by atoms with E-state index in [4.69, 9.17) is 23.2 Å². The molecule has 3 aromatic rings. The van der Waals surface area contributed by atoms with E-state index in [-0.39, 0.29) is 17.0 Å². The molecule has 0 spiro atoms. The molecule has 2 nitrogen and oxygen atoms in total. The Morgan fingerprint density at radius 2 is 1.65 bits per heavy atom. The number of rotatable bonds is 4. The molecule has 1 heterocycles. The molecule has 0 amide bonds. The first kappa shape index (κ1) is 18.3. The van der Waals surface area contributed by atoms with Crippen molar-refractivity contribution < 1.29 is 21.5 Å². The second kappa shape index (κ2) is 7.69. The first-order valence-electron chi connectivity index (χ1n) is 7.54. The van der Waals surface area contributed by atoms with Gasteiger partial charge in [-0.15, -0.1) is 0 Å². The summed E-state index contributed by atoms with van der Waals surface area (Å²) in [5, 5.41) is 1.43. The van der Waals surface area contributed by atoms with Gasteiger partial charge in [-0.25, -0.2) is 9.13 Å². The summed E-state index contributed by atoms with van der Waals surface area (Å²) >= 11 is 12.7. The molecule has 0 saturated carbocycles. The molecule has 0 atom stereocenters. The molecular weight excluding hydrogens is 395 g/mol. The van der Waals surface area contributed by atoms with Crippen molar-refractivity contribution in [2.75, 3.05) is 0 Å². The van der Waals surface area contributed by atoms with Gasteiger partial charge in [0.15, 0.2) is 11.0 Å². The Morgan fingerprint density at radius 3 is 2.30 bits per heavy atom. The lowest BCUT2D eigenvalue weighted by atomic mass is 10.2. The Morgan fingerprint density at radius 1 is 1.00 bits per heavy atom. The number of imidazole rings is 1. The lowest BCUT2D eigenvalue weighted by Crippen LogP contribution is -3.00. The predicted octanol–water partition coefficient (Wildman–Crippen LogP) is 2.01. The molecule has 0 aliphatic carbocycles. The molecule has 0 saturated heterocycles. The number of hydrogen-bond acceptors (Lipinski definition) is 0. The van der Waals surface area contributed by atoms with Gasteiger partial charge in [0.1, 0.15) is 6.54 Å². The van der Waals surface area contributed by atoms with Crippen molar-refractivity contribution in [3.63, 3.8) is 0 Å². The van der Waals surface area contributed by atoms with Crippen LogP contribution < -0.4 is 21.5 Å². The molecule has 0 aliphatic rings. The largest absolute Gasteiger partial charge is 1.00 e. The van der Waals surface area contributed by atoms with Gasteiger partial charge >= 0.3 is 0 Å². The third-order valence-corrected chi connectivity index (χ3v) is 4.78. The standard InChI is InChI=1S/C18H19Cl2N2.BrH/c1-3-11-21-13(2)22(18-10-5-4-9-17(18)21)12-14-15(19)7-6-8-16(14)20;/h4-10H,3,11-12H2,1-2H3;1H/q+1;/p-1. The van der Waals surface area contributed by atoms with Crippen LogP contribution >= 0.6 is 23.2 Å². The fourth-order valence-corrected chi connectivity index (χ4v) is 3.48. The maximum absolute atomic E-state index is 6.35. The zero-order valence-electron chi connectivity index (χ0n) is 13.2. The second-order valence-corrected chi connectivity index (χ2v) is 6.29. The number of aryl methyl sites for hydroxylation is 1. The number of benzene rings is 2. The predicted molar refractivity (Wildman–Crippen MR) is 92.7 cm³/mol. The van der Waals surface area contributed by atoms with E-state index in [9.17, 15) is 0 Å². The van der Waals surface area contributed by atoms with Crippen molar-refractivity contribution in [2.24, 2.45) is 0 Å². The quantitative estimate of drug-likeness (QED) is 0.578. The molecular formula is C18H19BrCl2N2. The van der Waals surface area contributed by atoms with Crippen LogP contribution in [0.25, 0.3) is 11.0 Å². The van der Waals surface area contributed by atoms with Gasteiger partial charge in [0.2, 0.25) is 0 Å². The van der Waals surface area contributed by atoms with E-state index in [1.54, 1.807) is 0 Å². The third kappa shape index (κ3) is 3.42. The highest BCUT2D eigenvalue weighted by molar-refractivity contribution is 6.35. The Hall–Kier alpha value is -1.03. The first-order chi connectivity index (χ1) is 10.6. The Labute approximate surface area is 157 Å². The highest BCUT2D eigenvalue weighted by atomic mass is 79.9. The van der Waals surface area contributed by atoms with E-state index in [1.807, 2.05) is 18.2 Å². The normalized spacial score (nSPS) is 10.8. The molecule has 23 heavy (non-hydrogen) atoms. The summed E-state index contributed by atoms with van der Waals surface area (Å²) < 4.78 is 4.65. The van der Waals surface area contributed by atoms with Crippen molar-refractivity contribution in [1.82, 2.24) is 4.57 Å². The summed E-state index contributed by atoms with van der Waals surface area (Å²) in [6.45, 7) is 6.04. The van der Waals surface area contributed by atoms with Gasteiger partial charge in [-0.2, -0.15) is 0 Å². The number of halogens is 3. The molecule has 0 aliphatic heterocycles. The van der Waals surface area contributed by atoms with Gasteiger partial charge in [0.25, 0.3) is 5.82 Å². The van der Waals surface area contributed by atoms with Gasteiger partial charge < -0.3 is 17.0 Å². The van der Waals surface area contributed by atoms with Gasteiger partial charge in [-0.1, -0.05) is 48.3 Å². The number of fused-ring (bicyclic) bond motifs is 1. The van der Waals surface area contributed by atoms with Crippen molar-refractivity contribution in [1.29, 1.82) is 0 Å². The third-order valence-electron chi connectivity index (χ3n) is 4.07. The van der Waals surface area contributed by atoms with Gasteiger partial charge in [0.05, 0.1) is 6.54 Å². The van der Waals surface area contributed by atoms with Gasteiger partial charge in [-0.05, 0) is 30.7 Å². The highest BCUT2D eigenvalue weighted by Gasteiger charge is 2.22. The van der Waals surface area contributed by atoms with E-state index < -0.39 is 0 Å². The SMILES string of the molecule is CCCn1c(C)[n+](Cc2c(Cl)cccc2Cl)c2ccccc21.[Br-]. The molecule has 0 fully saturated rings. The topological polar surface area (TPSA) is 8.81 Å². The smallest absolute Gasteiger partial charge is 0.254 e. The van der Waals surface area contributed by atoms with E-state index in [2.05, 4.69) is 47.2 Å². The zero-order chi connectivity index (χ0) is 15.7. The van der Waals surface area contributed by atoms with Gasteiger partial charge in [0, 0.05) is 22.5 Å². The summed E-state index contributed by atoms with van der Waals surface area (Å²) in [7, 11) is 0. The van der Waals surface area contributed by atoms with Crippen LogP contribution in [0.4, 0.5) is 0 Å². The Kier molecular flexibility index (Phi) is 6.12. The fraction of sp³-hybridized carbons (Fsp3) is 0.278. The van der Waals surface area contributed by atoms with Crippen LogP contribution in [0.3, 0.4) is 0 Å². The van der Waals surface area contributed by atoms with E-state index in [0.717, 1.165) is 18.5 Å². The summed E-state index contributed by atoms with van der Waals surface area (Å²) in [4.78, 5) is 0. The summed E-state index contributed by atoms with van der Waals surface area (Å²) in [6, 6.07) is 14.1. The van der Waals surface area contributed by atoms with Crippen LogP contribution in [0, 0.1) is 6.92 Å². The van der Waals surface area contributed by atoms with Crippen molar-refractivity contribution in [3.8, 4) is 0 Å². The summed E-state index contributed by atoms with van der Waals surface area (Å²) in [5.74, 6) is 1.22. The molecule has 0 N–H and O–H groups in total. The van der Waals surface area contributed by atoms with Crippen LogP contribution in [-0.2, 0) is 13.1 Å². The minimum absolute atomic E-state index is 0. The maximum atomic E-state index is 6.35. The van der Waals surface area contributed by atoms with Crippen LogP contribution in [0.1, 0.15) is 24.7 Å². The molecule has 5 heteroatoms. The summed E-state index contributed by atoms with van der Waals surface area (Å²) in [5.41, 5.74) is 3.44. The van der Waals surface area contributed by atoms with Gasteiger partial charge in [-0.3, -0.25) is 0 Å². The van der Waals surface area contributed by atoms with E-state index in [0.29, 0.717) is 16.6 Å². The highest BCUT2D eigenvalue weighted by Crippen LogP contribution is 2.25. The van der Waals surface area contributed by atoms with Crippen LogP contribution in [0.2, 0.25) is 10.0 Å². The number of hydrogen-bond donors (Lipinski definition) is 0.